The van der Waals surface area contributed by atoms with Crippen molar-refractivity contribution in [3.8, 4) is 0 Å². The maximum Gasteiger partial charge on any atom is -0.00462 e. The van der Waals surface area contributed by atoms with E-state index in [0.29, 0.717) is 0 Å². The van der Waals surface area contributed by atoms with E-state index < -0.39 is 0 Å². The molecule has 0 amide bonds. The minimum atomic E-state index is 0.890. The molecule has 1 heterocycles. The Morgan fingerprint density at radius 3 is 2.19 bits per heavy atom. The number of hydrogen-bond acceptors (Lipinski definition) is 1. The molecular weight excluding hydrogens is 194 g/mol. The Morgan fingerprint density at radius 1 is 1.06 bits per heavy atom. The lowest BCUT2D eigenvalue weighted by molar-refractivity contribution is 0.372. The summed E-state index contributed by atoms with van der Waals surface area (Å²) in [5.74, 6) is 0.890. The van der Waals surface area contributed by atoms with Gasteiger partial charge in [-0.1, -0.05) is 17.7 Å². The molecule has 0 atom stereocenters. The molecule has 0 bridgehead atoms. The monoisotopic (exact) mass is 217 g/mol. The van der Waals surface area contributed by atoms with Gasteiger partial charge in [-0.15, -0.1) is 0 Å². The molecule has 0 unspecified atom stereocenters. The lowest BCUT2D eigenvalue weighted by Crippen LogP contribution is -2.28. The van der Waals surface area contributed by atoms with Crippen LogP contribution in [-0.4, -0.2) is 13.1 Å². The second-order valence-corrected chi connectivity index (χ2v) is 5.27. The van der Waals surface area contributed by atoms with E-state index in [1.54, 1.807) is 5.56 Å². The van der Waals surface area contributed by atoms with Gasteiger partial charge in [0.2, 0.25) is 0 Å². The molecule has 2 rings (SSSR count). The van der Waals surface area contributed by atoms with E-state index in [2.05, 4.69) is 38.2 Å². The molecule has 0 saturated carbocycles. The average molecular weight is 217 g/mol. The van der Waals surface area contributed by atoms with Gasteiger partial charge >= 0.3 is 0 Å². The largest absolute Gasteiger partial charge is 0.317 e. The zero-order valence-corrected chi connectivity index (χ0v) is 10.8. The van der Waals surface area contributed by atoms with Gasteiger partial charge in [0.15, 0.2) is 0 Å². The maximum atomic E-state index is 3.44. The molecule has 88 valence electrons. The van der Waals surface area contributed by atoms with Crippen LogP contribution in [0.2, 0.25) is 0 Å². The number of nitrogens with one attached hydrogen (secondary N) is 1. The summed E-state index contributed by atoms with van der Waals surface area (Å²) in [5, 5.41) is 3.44. The third-order valence-electron chi connectivity index (χ3n) is 3.79. The molecular formula is C15H23N. The summed E-state index contributed by atoms with van der Waals surface area (Å²) in [6.45, 7) is 9.12. The van der Waals surface area contributed by atoms with Crippen molar-refractivity contribution < 1.29 is 0 Å². The van der Waals surface area contributed by atoms with Crippen molar-refractivity contribution in [3.63, 3.8) is 0 Å². The first-order valence-electron chi connectivity index (χ1n) is 6.44. The minimum Gasteiger partial charge on any atom is -0.317 e. The van der Waals surface area contributed by atoms with E-state index >= 15 is 0 Å². The van der Waals surface area contributed by atoms with E-state index in [9.17, 15) is 0 Å². The molecule has 1 nitrogen and oxygen atoms in total. The Balaban J connectivity index is 2.14. The van der Waals surface area contributed by atoms with Crippen molar-refractivity contribution >= 4 is 0 Å². The van der Waals surface area contributed by atoms with E-state index in [-0.39, 0.29) is 0 Å². The highest BCUT2D eigenvalue weighted by Gasteiger charge is 2.15. The van der Waals surface area contributed by atoms with Crippen LogP contribution in [0.25, 0.3) is 0 Å². The number of aryl methyl sites for hydroxylation is 3. The molecule has 0 aromatic heterocycles. The molecule has 1 aliphatic heterocycles. The van der Waals surface area contributed by atoms with Crippen LogP contribution < -0.4 is 5.32 Å². The fraction of sp³-hybridized carbons (Fsp3) is 0.600. The van der Waals surface area contributed by atoms with Crippen LogP contribution in [0.1, 0.15) is 35.1 Å². The molecule has 0 spiro atoms. The standard InChI is InChI=1S/C15H23N/c1-11-8-12(2)15(13(3)9-11)10-14-4-6-16-7-5-14/h8-9,14,16H,4-7,10H2,1-3H3. The topological polar surface area (TPSA) is 12.0 Å². The average Bonchev–Trinajstić information content (AvgIpc) is 2.25. The lowest BCUT2D eigenvalue weighted by Gasteiger charge is -2.24. The summed E-state index contributed by atoms with van der Waals surface area (Å²) in [5.41, 5.74) is 5.95. The summed E-state index contributed by atoms with van der Waals surface area (Å²) < 4.78 is 0. The van der Waals surface area contributed by atoms with Crippen LogP contribution >= 0.6 is 0 Å². The van der Waals surface area contributed by atoms with Crippen molar-refractivity contribution in [2.24, 2.45) is 5.92 Å². The highest BCUT2D eigenvalue weighted by Crippen LogP contribution is 2.23. The van der Waals surface area contributed by atoms with Crippen LogP contribution in [0.5, 0.6) is 0 Å². The molecule has 1 aromatic carbocycles. The quantitative estimate of drug-likeness (QED) is 0.802. The number of benzene rings is 1. The van der Waals surface area contributed by atoms with E-state index in [0.717, 1.165) is 5.92 Å². The van der Waals surface area contributed by atoms with Gasteiger partial charge in [-0.2, -0.15) is 0 Å². The van der Waals surface area contributed by atoms with Gasteiger partial charge in [-0.05, 0) is 75.7 Å². The van der Waals surface area contributed by atoms with Gasteiger partial charge in [-0.25, -0.2) is 0 Å². The van der Waals surface area contributed by atoms with Crippen LogP contribution in [0.3, 0.4) is 0 Å². The molecule has 1 aliphatic rings. The maximum absolute atomic E-state index is 3.44. The molecule has 1 fully saturated rings. The van der Waals surface area contributed by atoms with Crippen LogP contribution in [0, 0.1) is 26.7 Å². The molecule has 1 heteroatoms. The van der Waals surface area contributed by atoms with Crippen molar-refractivity contribution in [3.05, 3.63) is 34.4 Å². The zero-order valence-electron chi connectivity index (χ0n) is 10.8. The molecule has 1 aromatic rings. The molecule has 0 aliphatic carbocycles. The van der Waals surface area contributed by atoms with Crippen molar-refractivity contribution in [2.45, 2.75) is 40.0 Å². The van der Waals surface area contributed by atoms with E-state index in [1.807, 2.05) is 0 Å². The number of piperidine rings is 1. The SMILES string of the molecule is Cc1cc(C)c(CC2CCNCC2)c(C)c1. The first-order chi connectivity index (χ1) is 7.66. The Kier molecular flexibility index (Phi) is 3.65. The van der Waals surface area contributed by atoms with E-state index in [1.165, 1.54) is 49.0 Å². The summed E-state index contributed by atoms with van der Waals surface area (Å²) in [6.07, 6.45) is 3.96. The van der Waals surface area contributed by atoms with Gasteiger partial charge in [0.1, 0.15) is 0 Å². The number of rotatable bonds is 2. The summed E-state index contributed by atoms with van der Waals surface area (Å²) in [4.78, 5) is 0. The van der Waals surface area contributed by atoms with Gasteiger partial charge in [-0.3, -0.25) is 0 Å². The smallest absolute Gasteiger partial charge is 0.00462 e. The minimum absolute atomic E-state index is 0.890. The molecule has 16 heavy (non-hydrogen) atoms. The van der Waals surface area contributed by atoms with Crippen LogP contribution in [-0.2, 0) is 6.42 Å². The summed E-state index contributed by atoms with van der Waals surface area (Å²) in [7, 11) is 0. The first-order valence-corrected chi connectivity index (χ1v) is 6.44. The Hall–Kier alpha value is -0.820. The molecule has 0 radical (unpaired) electrons. The normalized spacial score (nSPS) is 17.7. The Bertz CT molecular complexity index is 339. The fourth-order valence-electron chi connectivity index (χ4n) is 2.91. The third kappa shape index (κ3) is 2.65. The van der Waals surface area contributed by atoms with Gasteiger partial charge in [0.25, 0.3) is 0 Å². The predicted octanol–water partition coefficient (Wildman–Crippen LogP) is 3.15. The fourth-order valence-corrected chi connectivity index (χ4v) is 2.91. The van der Waals surface area contributed by atoms with Crippen molar-refractivity contribution in [2.75, 3.05) is 13.1 Å². The highest BCUT2D eigenvalue weighted by atomic mass is 14.9. The number of hydrogen-bond donors (Lipinski definition) is 1. The first kappa shape index (κ1) is 11.7. The predicted molar refractivity (Wildman–Crippen MR) is 70.0 cm³/mol. The van der Waals surface area contributed by atoms with Crippen LogP contribution in [0.15, 0.2) is 12.1 Å². The zero-order chi connectivity index (χ0) is 11.5. The van der Waals surface area contributed by atoms with Gasteiger partial charge in [0.05, 0.1) is 0 Å². The Labute approximate surface area is 99.3 Å². The Morgan fingerprint density at radius 2 is 1.62 bits per heavy atom. The highest BCUT2D eigenvalue weighted by molar-refractivity contribution is 5.37. The second kappa shape index (κ2) is 5.01. The lowest BCUT2D eigenvalue weighted by atomic mass is 9.87. The molecule has 1 saturated heterocycles. The van der Waals surface area contributed by atoms with Gasteiger partial charge in [0, 0.05) is 0 Å². The van der Waals surface area contributed by atoms with Gasteiger partial charge < -0.3 is 5.32 Å². The summed E-state index contributed by atoms with van der Waals surface area (Å²) in [6, 6.07) is 4.65. The van der Waals surface area contributed by atoms with Crippen LogP contribution in [0.4, 0.5) is 0 Å². The van der Waals surface area contributed by atoms with Crippen molar-refractivity contribution in [1.82, 2.24) is 5.32 Å². The van der Waals surface area contributed by atoms with E-state index in [4.69, 9.17) is 0 Å². The molecule has 1 N–H and O–H groups in total. The second-order valence-electron chi connectivity index (χ2n) is 5.27. The third-order valence-corrected chi connectivity index (χ3v) is 3.79. The summed E-state index contributed by atoms with van der Waals surface area (Å²) >= 11 is 0. The van der Waals surface area contributed by atoms with Crippen molar-refractivity contribution in [1.29, 1.82) is 0 Å².